The lowest BCUT2D eigenvalue weighted by atomic mass is 9.95. The maximum atomic E-state index is 12.3. The molecule has 3 rings (SSSR count). The SMILES string of the molecule is CC1CC(O)CC(C)N1CC(=O)NCc1ccc(-c2ccc(Cl)cc2)o1. The molecule has 140 valence electrons. The summed E-state index contributed by atoms with van der Waals surface area (Å²) >= 11 is 5.90. The molecule has 2 N–H and O–H groups in total. The third-order valence-corrected chi connectivity index (χ3v) is 5.19. The molecule has 0 radical (unpaired) electrons. The molecular formula is C20H25ClN2O3. The highest BCUT2D eigenvalue weighted by Crippen LogP contribution is 2.24. The Morgan fingerprint density at radius 2 is 1.85 bits per heavy atom. The van der Waals surface area contributed by atoms with E-state index < -0.39 is 0 Å². The normalized spacial score (nSPS) is 23.8. The smallest absolute Gasteiger partial charge is 0.234 e. The third-order valence-electron chi connectivity index (χ3n) is 4.94. The quantitative estimate of drug-likeness (QED) is 0.838. The van der Waals surface area contributed by atoms with Crippen molar-refractivity contribution in [2.45, 2.75) is 51.4 Å². The van der Waals surface area contributed by atoms with Gasteiger partial charge in [0.1, 0.15) is 11.5 Å². The van der Waals surface area contributed by atoms with Gasteiger partial charge < -0.3 is 14.8 Å². The Morgan fingerprint density at radius 1 is 1.19 bits per heavy atom. The molecule has 1 aliphatic heterocycles. The molecule has 1 saturated heterocycles. The number of carbonyl (C=O) groups excluding carboxylic acids is 1. The largest absolute Gasteiger partial charge is 0.459 e. The van der Waals surface area contributed by atoms with E-state index in [1.54, 1.807) is 0 Å². The number of rotatable bonds is 5. The average Bonchev–Trinajstić information content (AvgIpc) is 3.06. The van der Waals surface area contributed by atoms with E-state index in [4.69, 9.17) is 16.0 Å². The molecule has 2 heterocycles. The van der Waals surface area contributed by atoms with Crippen LogP contribution in [0, 0.1) is 0 Å². The van der Waals surface area contributed by atoms with Crippen LogP contribution in [0.15, 0.2) is 40.8 Å². The van der Waals surface area contributed by atoms with Gasteiger partial charge in [-0.1, -0.05) is 11.6 Å². The number of piperidine rings is 1. The topological polar surface area (TPSA) is 65.7 Å². The Bertz CT molecular complexity index is 732. The van der Waals surface area contributed by atoms with E-state index >= 15 is 0 Å². The maximum Gasteiger partial charge on any atom is 0.234 e. The van der Waals surface area contributed by atoms with Gasteiger partial charge in [0.15, 0.2) is 0 Å². The minimum atomic E-state index is -0.270. The molecule has 1 amide bonds. The number of halogens is 1. The average molecular weight is 377 g/mol. The molecule has 6 heteroatoms. The fraction of sp³-hybridized carbons (Fsp3) is 0.450. The number of likely N-dealkylation sites (tertiary alicyclic amines) is 1. The minimum Gasteiger partial charge on any atom is -0.459 e. The van der Waals surface area contributed by atoms with Crippen molar-refractivity contribution in [1.29, 1.82) is 0 Å². The summed E-state index contributed by atoms with van der Waals surface area (Å²) < 4.78 is 5.80. The molecule has 1 aromatic heterocycles. The van der Waals surface area contributed by atoms with Crippen LogP contribution >= 0.6 is 11.6 Å². The second kappa shape index (κ2) is 8.25. The van der Waals surface area contributed by atoms with Crippen LogP contribution < -0.4 is 5.32 Å². The van der Waals surface area contributed by atoms with Crippen LogP contribution in [0.25, 0.3) is 11.3 Å². The van der Waals surface area contributed by atoms with Gasteiger partial charge in [0.2, 0.25) is 5.91 Å². The van der Waals surface area contributed by atoms with Crippen molar-refractivity contribution in [2.24, 2.45) is 0 Å². The lowest BCUT2D eigenvalue weighted by Gasteiger charge is -2.40. The highest BCUT2D eigenvalue weighted by atomic mass is 35.5. The van der Waals surface area contributed by atoms with Gasteiger partial charge in [0.05, 0.1) is 19.2 Å². The predicted octanol–water partition coefficient (Wildman–Crippen LogP) is 3.45. The molecule has 26 heavy (non-hydrogen) atoms. The van der Waals surface area contributed by atoms with Crippen molar-refractivity contribution >= 4 is 17.5 Å². The van der Waals surface area contributed by atoms with E-state index in [-0.39, 0.29) is 24.1 Å². The Hall–Kier alpha value is -1.82. The molecule has 2 unspecified atom stereocenters. The summed E-state index contributed by atoms with van der Waals surface area (Å²) in [6.45, 7) is 4.79. The van der Waals surface area contributed by atoms with Crippen molar-refractivity contribution < 1.29 is 14.3 Å². The first-order valence-electron chi connectivity index (χ1n) is 8.97. The molecule has 1 aliphatic rings. The predicted molar refractivity (Wildman–Crippen MR) is 102 cm³/mol. The minimum absolute atomic E-state index is 0.0375. The van der Waals surface area contributed by atoms with Crippen molar-refractivity contribution in [3.05, 3.63) is 47.2 Å². The molecule has 0 saturated carbocycles. The molecule has 0 spiro atoms. The third kappa shape index (κ3) is 4.67. The fourth-order valence-corrected chi connectivity index (χ4v) is 3.68. The number of nitrogens with one attached hydrogen (secondary N) is 1. The molecular weight excluding hydrogens is 352 g/mol. The second-order valence-electron chi connectivity index (χ2n) is 7.05. The molecule has 0 aliphatic carbocycles. The summed E-state index contributed by atoms with van der Waals surface area (Å²) in [6.07, 6.45) is 1.15. The summed E-state index contributed by atoms with van der Waals surface area (Å²) in [5, 5.41) is 13.4. The zero-order chi connectivity index (χ0) is 18.7. The Balaban J connectivity index is 1.53. The molecule has 1 fully saturated rings. The molecule has 1 aromatic carbocycles. The number of furan rings is 1. The first kappa shape index (κ1) is 19.0. The highest BCUT2D eigenvalue weighted by Gasteiger charge is 2.30. The highest BCUT2D eigenvalue weighted by molar-refractivity contribution is 6.30. The standard InChI is InChI=1S/C20H25ClN2O3/c1-13-9-17(24)10-14(2)23(13)12-20(25)22-11-18-7-8-19(26-18)15-3-5-16(21)6-4-15/h3-8,13-14,17,24H,9-12H2,1-2H3,(H,22,25). The van der Waals surface area contributed by atoms with Crippen LogP contribution in [0.1, 0.15) is 32.4 Å². The lowest BCUT2D eigenvalue weighted by Crippen LogP contribution is -2.51. The number of aliphatic hydroxyl groups is 1. The number of hydrogen-bond donors (Lipinski definition) is 2. The number of carbonyl (C=O) groups is 1. The summed E-state index contributed by atoms with van der Waals surface area (Å²) in [5.41, 5.74) is 0.946. The van der Waals surface area contributed by atoms with E-state index in [0.29, 0.717) is 36.7 Å². The van der Waals surface area contributed by atoms with Crippen molar-refractivity contribution in [2.75, 3.05) is 6.54 Å². The first-order valence-corrected chi connectivity index (χ1v) is 9.35. The second-order valence-corrected chi connectivity index (χ2v) is 7.48. The van der Waals surface area contributed by atoms with Gasteiger partial charge in [0, 0.05) is 22.7 Å². The van der Waals surface area contributed by atoms with Gasteiger partial charge in [0.25, 0.3) is 0 Å². The van der Waals surface area contributed by atoms with Crippen molar-refractivity contribution in [3.8, 4) is 11.3 Å². The van der Waals surface area contributed by atoms with Crippen LogP contribution in [0.5, 0.6) is 0 Å². The summed E-state index contributed by atoms with van der Waals surface area (Å²) in [7, 11) is 0. The number of amides is 1. The molecule has 5 nitrogen and oxygen atoms in total. The van der Waals surface area contributed by atoms with Crippen LogP contribution in [0.3, 0.4) is 0 Å². The van der Waals surface area contributed by atoms with Gasteiger partial charge in [-0.05, 0) is 63.1 Å². The van der Waals surface area contributed by atoms with Crippen LogP contribution in [0.4, 0.5) is 0 Å². The number of hydrogen-bond acceptors (Lipinski definition) is 4. The number of aliphatic hydroxyl groups excluding tert-OH is 1. The lowest BCUT2D eigenvalue weighted by molar-refractivity contribution is -0.125. The fourth-order valence-electron chi connectivity index (χ4n) is 3.55. The summed E-state index contributed by atoms with van der Waals surface area (Å²) in [4.78, 5) is 14.4. The maximum absolute atomic E-state index is 12.3. The Labute approximate surface area is 158 Å². The Kier molecular flexibility index (Phi) is 6.01. The van der Waals surface area contributed by atoms with Crippen LogP contribution in [-0.2, 0) is 11.3 Å². The summed E-state index contributed by atoms with van der Waals surface area (Å²) in [5.74, 6) is 1.42. The summed E-state index contributed by atoms with van der Waals surface area (Å²) in [6, 6.07) is 11.6. The zero-order valence-corrected chi connectivity index (χ0v) is 15.9. The first-order chi connectivity index (χ1) is 12.4. The monoisotopic (exact) mass is 376 g/mol. The Morgan fingerprint density at radius 3 is 2.50 bits per heavy atom. The molecule has 2 atom stereocenters. The van der Waals surface area contributed by atoms with Gasteiger partial charge in [-0.3, -0.25) is 9.69 Å². The number of nitrogens with zero attached hydrogens (tertiary/aromatic N) is 1. The van der Waals surface area contributed by atoms with E-state index in [9.17, 15) is 9.90 Å². The van der Waals surface area contributed by atoms with Gasteiger partial charge in [-0.2, -0.15) is 0 Å². The van der Waals surface area contributed by atoms with Crippen molar-refractivity contribution in [3.63, 3.8) is 0 Å². The van der Waals surface area contributed by atoms with Gasteiger partial charge in [-0.25, -0.2) is 0 Å². The van der Waals surface area contributed by atoms with E-state index in [1.165, 1.54) is 0 Å². The van der Waals surface area contributed by atoms with Gasteiger partial charge >= 0.3 is 0 Å². The van der Waals surface area contributed by atoms with E-state index in [2.05, 4.69) is 24.1 Å². The zero-order valence-electron chi connectivity index (χ0n) is 15.1. The van der Waals surface area contributed by atoms with E-state index in [0.717, 1.165) is 11.3 Å². The van der Waals surface area contributed by atoms with E-state index in [1.807, 2.05) is 36.4 Å². The number of benzene rings is 1. The molecule has 0 bridgehead atoms. The van der Waals surface area contributed by atoms with Gasteiger partial charge in [-0.15, -0.1) is 0 Å². The van der Waals surface area contributed by atoms with Crippen molar-refractivity contribution in [1.82, 2.24) is 10.2 Å². The van der Waals surface area contributed by atoms with Crippen LogP contribution in [0.2, 0.25) is 5.02 Å². The molecule has 2 aromatic rings. The van der Waals surface area contributed by atoms with Crippen LogP contribution in [-0.4, -0.2) is 40.6 Å².